The van der Waals surface area contributed by atoms with Crippen LogP contribution in [-0.2, 0) is 6.54 Å². The molecule has 5 heteroatoms. The van der Waals surface area contributed by atoms with E-state index < -0.39 is 0 Å². The molecule has 4 aliphatic rings. The molecule has 0 radical (unpaired) electrons. The summed E-state index contributed by atoms with van der Waals surface area (Å²) in [5, 5.41) is 0.462. The van der Waals surface area contributed by atoms with Crippen LogP contribution < -0.4 is 0 Å². The third kappa shape index (κ3) is 1.84. The first kappa shape index (κ1) is 12.4. The van der Waals surface area contributed by atoms with Crippen molar-refractivity contribution in [1.29, 1.82) is 0 Å². The maximum atomic E-state index is 6.12. The van der Waals surface area contributed by atoms with E-state index in [1.807, 2.05) is 6.33 Å². The molecule has 4 nitrogen and oxygen atoms in total. The highest BCUT2D eigenvalue weighted by molar-refractivity contribution is 6.33. The molecule has 110 valence electrons. The summed E-state index contributed by atoms with van der Waals surface area (Å²) in [6, 6.07) is 0. The molecule has 0 spiro atoms. The number of halogens is 1. The summed E-state index contributed by atoms with van der Waals surface area (Å²) in [5.74, 6) is 2.93. The molecule has 4 fully saturated rings. The first-order valence-electron chi connectivity index (χ1n) is 8.02. The minimum Gasteiger partial charge on any atom is -0.315 e. The molecule has 2 aromatic heterocycles. The lowest BCUT2D eigenvalue weighted by molar-refractivity contribution is -0.0614. The summed E-state index contributed by atoms with van der Waals surface area (Å²) < 4.78 is 2.22. The van der Waals surface area contributed by atoms with E-state index in [-0.39, 0.29) is 0 Å². The largest absolute Gasteiger partial charge is 0.315 e. The zero-order valence-electron chi connectivity index (χ0n) is 12.0. The first-order chi connectivity index (χ1) is 10.2. The zero-order valence-corrected chi connectivity index (χ0v) is 12.8. The number of imidazole rings is 1. The van der Waals surface area contributed by atoms with Crippen LogP contribution in [0.2, 0.25) is 5.15 Å². The summed E-state index contributed by atoms with van der Waals surface area (Å²) >= 11 is 6.12. The molecule has 4 saturated carbocycles. The molecular formula is C16H19ClN4. The topological polar surface area (TPSA) is 43.6 Å². The van der Waals surface area contributed by atoms with Gasteiger partial charge in [0.1, 0.15) is 11.8 Å². The van der Waals surface area contributed by atoms with Crippen molar-refractivity contribution in [1.82, 2.24) is 19.5 Å². The minimum atomic E-state index is 0.462. The fourth-order valence-electron chi connectivity index (χ4n) is 5.81. The molecule has 0 amide bonds. The summed E-state index contributed by atoms with van der Waals surface area (Å²) in [4.78, 5) is 12.9. The highest BCUT2D eigenvalue weighted by atomic mass is 35.5. The van der Waals surface area contributed by atoms with Crippen LogP contribution in [0.15, 0.2) is 12.7 Å². The van der Waals surface area contributed by atoms with Gasteiger partial charge < -0.3 is 4.57 Å². The summed E-state index contributed by atoms with van der Waals surface area (Å²) in [6.45, 7) is 1.06. The van der Waals surface area contributed by atoms with Crippen molar-refractivity contribution in [2.75, 3.05) is 0 Å². The minimum absolute atomic E-state index is 0.462. The van der Waals surface area contributed by atoms with Gasteiger partial charge in [0.25, 0.3) is 0 Å². The lowest BCUT2D eigenvalue weighted by Crippen LogP contribution is -2.47. The maximum Gasteiger partial charge on any atom is 0.164 e. The van der Waals surface area contributed by atoms with E-state index in [4.69, 9.17) is 11.6 Å². The van der Waals surface area contributed by atoms with Gasteiger partial charge in [-0.3, -0.25) is 0 Å². The van der Waals surface area contributed by atoms with Crippen LogP contribution in [-0.4, -0.2) is 19.5 Å². The monoisotopic (exact) mass is 302 g/mol. The Balaban J connectivity index is 1.52. The summed E-state index contributed by atoms with van der Waals surface area (Å²) in [5.41, 5.74) is 2.12. The van der Waals surface area contributed by atoms with Crippen molar-refractivity contribution < 1.29 is 0 Å². The Morgan fingerprint density at radius 2 is 1.71 bits per heavy atom. The Kier molecular flexibility index (Phi) is 2.47. The molecule has 21 heavy (non-hydrogen) atoms. The standard InChI is InChI=1S/C16H19ClN4/c17-14-13-15(19-8-18-14)21(9-20-13)7-16-4-10-1-11(5-16)3-12(2-10)6-16/h8-12H,1-7H2. The van der Waals surface area contributed by atoms with Gasteiger partial charge in [-0.25, -0.2) is 15.0 Å². The van der Waals surface area contributed by atoms with Crippen LogP contribution in [0.25, 0.3) is 11.2 Å². The van der Waals surface area contributed by atoms with E-state index in [0.717, 1.165) is 35.5 Å². The lowest BCUT2D eigenvalue weighted by Gasteiger charge is -2.57. The van der Waals surface area contributed by atoms with Gasteiger partial charge in [0.05, 0.1) is 6.33 Å². The normalized spacial score (nSPS) is 37.5. The molecule has 0 atom stereocenters. The van der Waals surface area contributed by atoms with Gasteiger partial charge >= 0.3 is 0 Å². The molecular weight excluding hydrogens is 284 g/mol. The second-order valence-electron chi connectivity index (χ2n) is 7.63. The Labute approximate surface area is 128 Å². The van der Waals surface area contributed by atoms with E-state index in [1.165, 1.54) is 38.5 Å². The Morgan fingerprint density at radius 1 is 1.05 bits per heavy atom. The average Bonchev–Trinajstić information content (AvgIpc) is 2.81. The van der Waals surface area contributed by atoms with E-state index in [0.29, 0.717) is 10.6 Å². The van der Waals surface area contributed by atoms with Crippen molar-refractivity contribution >= 4 is 22.8 Å². The average molecular weight is 303 g/mol. The molecule has 0 aromatic carbocycles. The quantitative estimate of drug-likeness (QED) is 0.795. The zero-order chi connectivity index (χ0) is 14.0. The molecule has 4 aliphatic carbocycles. The van der Waals surface area contributed by atoms with Crippen LogP contribution >= 0.6 is 11.6 Å². The van der Waals surface area contributed by atoms with Gasteiger partial charge in [-0.1, -0.05) is 11.6 Å². The number of hydrogen-bond acceptors (Lipinski definition) is 3. The van der Waals surface area contributed by atoms with Crippen molar-refractivity contribution in [3.63, 3.8) is 0 Å². The van der Waals surface area contributed by atoms with Gasteiger partial charge in [0, 0.05) is 6.54 Å². The van der Waals surface area contributed by atoms with E-state index in [9.17, 15) is 0 Å². The number of hydrogen-bond donors (Lipinski definition) is 0. The molecule has 4 bridgehead atoms. The fraction of sp³-hybridized carbons (Fsp3) is 0.688. The van der Waals surface area contributed by atoms with Gasteiger partial charge in [0.2, 0.25) is 0 Å². The molecule has 2 heterocycles. The molecule has 0 unspecified atom stereocenters. The van der Waals surface area contributed by atoms with Crippen molar-refractivity contribution in [3.8, 4) is 0 Å². The van der Waals surface area contributed by atoms with Gasteiger partial charge in [-0.2, -0.15) is 0 Å². The van der Waals surface area contributed by atoms with Crippen LogP contribution in [0.3, 0.4) is 0 Å². The second kappa shape index (κ2) is 4.19. The lowest BCUT2D eigenvalue weighted by atomic mass is 9.49. The van der Waals surface area contributed by atoms with Crippen LogP contribution in [0.1, 0.15) is 38.5 Å². The van der Waals surface area contributed by atoms with Crippen LogP contribution in [0.5, 0.6) is 0 Å². The van der Waals surface area contributed by atoms with Gasteiger partial charge in [-0.05, 0) is 61.7 Å². The fourth-order valence-corrected chi connectivity index (χ4v) is 5.99. The van der Waals surface area contributed by atoms with Crippen molar-refractivity contribution in [2.45, 2.75) is 45.1 Å². The predicted molar refractivity (Wildman–Crippen MR) is 80.9 cm³/mol. The Bertz CT molecular complexity index is 672. The van der Waals surface area contributed by atoms with E-state index in [1.54, 1.807) is 6.33 Å². The van der Waals surface area contributed by atoms with Gasteiger partial charge in [-0.15, -0.1) is 0 Å². The van der Waals surface area contributed by atoms with E-state index >= 15 is 0 Å². The van der Waals surface area contributed by atoms with Gasteiger partial charge in [0.15, 0.2) is 10.8 Å². The third-order valence-electron chi connectivity index (χ3n) is 6.03. The second-order valence-corrected chi connectivity index (χ2v) is 7.98. The number of fused-ring (bicyclic) bond motifs is 1. The summed E-state index contributed by atoms with van der Waals surface area (Å²) in [6.07, 6.45) is 12.1. The molecule has 6 rings (SSSR count). The molecule has 0 aliphatic heterocycles. The first-order valence-corrected chi connectivity index (χ1v) is 8.40. The molecule has 0 N–H and O–H groups in total. The van der Waals surface area contributed by atoms with Crippen LogP contribution in [0.4, 0.5) is 0 Å². The number of rotatable bonds is 2. The smallest absolute Gasteiger partial charge is 0.164 e. The Hall–Kier alpha value is -1.16. The molecule has 2 aromatic rings. The number of aromatic nitrogens is 4. The predicted octanol–water partition coefficient (Wildman–Crippen LogP) is 3.70. The van der Waals surface area contributed by atoms with Crippen molar-refractivity contribution in [2.24, 2.45) is 23.2 Å². The van der Waals surface area contributed by atoms with Crippen LogP contribution in [0, 0.1) is 23.2 Å². The SMILES string of the molecule is Clc1ncnc2c1ncn2CC12CC3CC(CC(C3)C1)C2. The van der Waals surface area contributed by atoms with E-state index in [2.05, 4.69) is 19.5 Å². The molecule has 0 saturated heterocycles. The number of nitrogens with zero attached hydrogens (tertiary/aromatic N) is 4. The summed E-state index contributed by atoms with van der Waals surface area (Å²) in [7, 11) is 0. The highest BCUT2D eigenvalue weighted by Crippen LogP contribution is 2.60. The maximum absolute atomic E-state index is 6.12. The highest BCUT2D eigenvalue weighted by Gasteiger charge is 2.50. The van der Waals surface area contributed by atoms with Crippen molar-refractivity contribution in [3.05, 3.63) is 17.8 Å². The Morgan fingerprint density at radius 3 is 2.38 bits per heavy atom. The third-order valence-corrected chi connectivity index (χ3v) is 6.30.